The molecule has 0 saturated carbocycles. The highest BCUT2D eigenvalue weighted by Gasteiger charge is 2.37. The van der Waals surface area contributed by atoms with E-state index in [0.29, 0.717) is 13.0 Å². The lowest BCUT2D eigenvalue weighted by molar-refractivity contribution is -0.137. The number of hydrogen-bond acceptors (Lipinski definition) is 3. The van der Waals surface area contributed by atoms with Crippen LogP contribution in [0.2, 0.25) is 0 Å². The van der Waals surface area contributed by atoms with Gasteiger partial charge in [-0.3, -0.25) is 9.59 Å². The minimum atomic E-state index is -0.202. The van der Waals surface area contributed by atoms with Crippen LogP contribution in [0.3, 0.4) is 0 Å². The second kappa shape index (κ2) is 6.32. The fraction of sp³-hybridized carbons (Fsp3) is 0.556. The predicted molar refractivity (Wildman–Crippen MR) is 90.5 cm³/mol. The summed E-state index contributed by atoms with van der Waals surface area (Å²) in [5.41, 5.74) is 3.20. The van der Waals surface area contributed by atoms with Crippen LogP contribution >= 0.6 is 0 Å². The van der Waals surface area contributed by atoms with Crippen LogP contribution in [0.15, 0.2) is 18.2 Å². The van der Waals surface area contributed by atoms with Gasteiger partial charge in [0.15, 0.2) is 0 Å². The minimum Gasteiger partial charge on any atom is -0.340 e. The Bertz CT molecular complexity index is 600. The van der Waals surface area contributed by atoms with Crippen molar-refractivity contribution in [1.29, 1.82) is 0 Å². The molecule has 3 rings (SSSR count). The molecule has 1 unspecified atom stereocenters. The molecule has 2 aliphatic heterocycles. The average molecular weight is 315 g/mol. The molecule has 1 atom stereocenters. The Morgan fingerprint density at radius 1 is 1.04 bits per heavy atom. The van der Waals surface area contributed by atoms with Gasteiger partial charge in [0, 0.05) is 44.8 Å². The van der Waals surface area contributed by atoms with Crippen molar-refractivity contribution in [1.82, 2.24) is 9.80 Å². The first-order valence-corrected chi connectivity index (χ1v) is 8.30. The van der Waals surface area contributed by atoms with Gasteiger partial charge in [-0.2, -0.15) is 0 Å². The number of nitrogens with zero attached hydrogens (tertiary/aromatic N) is 3. The molecule has 2 amide bonds. The lowest BCUT2D eigenvalue weighted by atomic mass is 10.1. The number of benzene rings is 1. The Morgan fingerprint density at radius 2 is 1.65 bits per heavy atom. The number of anilines is 1. The summed E-state index contributed by atoms with van der Waals surface area (Å²) in [5.74, 6) is -0.00692. The van der Waals surface area contributed by atoms with Crippen LogP contribution in [0.5, 0.6) is 0 Å². The SMILES string of the molecule is Cc1cc(C)cc(N2CC(C(=O)N3CCN(C)CC3)CC2=O)c1. The average Bonchev–Trinajstić information content (AvgIpc) is 2.88. The van der Waals surface area contributed by atoms with Crippen LogP contribution < -0.4 is 4.90 Å². The highest BCUT2D eigenvalue weighted by molar-refractivity contribution is 6.00. The van der Waals surface area contributed by atoms with Crippen molar-refractivity contribution in [3.8, 4) is 0 Å². The number of carbonyl (C=O) groups excluding carboxylic acids is 2. The molecule has 5 heteroatoms. The van der Waals surface area contributed by atoms with Gasteiger partial charge in [0.2, 0.25) is 11.8 Å². The fourth-order valence-corrected chi connectivity index (χ4v) is 3.51. The Morgan fingerprint density at radius 3 is 2.26 bits per heavy atom. The number of amides is 2. The summed E-state index contributed by atoms with van der Waals surface area (Å²) in [7, 11) is 2.07. The van der Waals surface area contributed by atoms with Gasteiger partial charge in [-0.1, -0.05) is 6.07 Å². The van der Waals surface area contributed by atoms with Gasteiger partial charge in [0.25, 0.3) is 0 Å². The van der Waals surface area contributed by atoms with Crippen LogP contribution in [0.25, 0.3) is 0 Å². The molecule has 2 aliphatic rings. The summed E-state index contributed by atoms with van der Waals surface area (Å²) in [6.45, 7) is 7.92. The Hall–Kier alpha value is -1.88. The van der Waals surface area contributed by atoms with Crippen LogP contribution in [-0.4, -0.2) is 61.4 Å². The second-order valence-electron chi connectivity index (χ2n) is 6.88. The van der Waals surface area contributed by atoms with E-state index in [4.69, 9.17) is 0 Å². The van der Waals surface area contributed by atoms with E-state index >= 15 is 0 Å². The van der Waals surface area contributed by atoms with E-state index in [0.717, 1.165) is 43.0 Å². The van der Waals surface area contributed by atoms with E-state index in [-0.39, 0.29) is 17.7 Å². The molecule has 2 heterocycles. The van der Waals surface area contributed by atoms with E-state index in [1.807, 2.05) is 30.9 Å². The molecule has 0 bridgehead atoms. The maximum atomic E-state index is 12.7. The first kappa shape index (κ1) is 16.0. The lowest BCUT2D eigenvalue weighted by Gasteiger charge is -2.33. The van der Waals surface area contributed by atoms with Crippen LogP contribution in [0.1, 0.15) is 17.5 Å². The normalized spacial score (nSPS) is 22.7. The summed E-state index contributed by atoms with van der Waals surface area (Å²) in [6, 6.07) is 6.14. The van der Waals surface area contributed by atoms with Crippen LogP contribution in [-0.2, 0) is 9.59 Å². The lowest BCUT2D eigenvalue weighted by Crippen LogP contribution is -2.49. The summed E-state index contributed by atoms with van der Waals surface area (Å²) < 4.78 is 0. The number of hydrogen-bond donors (Lipinski definition) is 0. The highest BCUT2D eigenvalue weighted by Crippen LogP contribution is 2.28. The highest BCUT2D eigenvalue weighted by atomic mass is 16.2. The van der Waals surface area contributed by atoms with Gasteiger partial charge in [-0.05, 0) is 44.2 Å². The molecule has 0 aliphatic carbocycles. The molecule has 0 radical (unpaired) electrons. The van der Waals surface area contributed by atoms with Gasteiger partial charge >= 0.3 is 0 Å². The molecule has 124 valence electrons. The van der Waals surface area contributed by atoms with Gasteiger partial charge in [0.05, 0.1) is 5.92 Å². The third kappa shape index (κ3) is 3.39. The van der Waals surface area contributed by atoms with E-state index in [9.17, 15) is 9.59 Å². The number of likely N-dealkylation sites (N-methyl/N-ethyl adjacent to an activating group) is 1. The second-order valence-corrected chi connectivity index (χ2v) is 6.88. The molecule has 23 heavy (non-hydrogen) atoms. The number of piperazine rings is 1. The standard InChI is InChI=1S/C18H25N3O2/c1-13-8-14(2)10-16(9-13)21-12-15(11-17(21)22)18(23)20-6-4-19(3)5-7-20/h8-10,15H,4-7,11-12H2,1-3H3. The van der Waals surface area contributed by atoms with Gasteiger partial charge < -0.3 is 14.7 Å². The summed E-state index contributed by atoms with van der Waals surface area (Å²) in [5, 5.41) is 0. The zero-order valence-electron chi connectivity index (χ0n) is 14.2. The van der Waals surface area contributed by atoms with Crippen LogP contribution in [0.4, 0.5) is 5.69 Å². The largest absolute Gasteiger partial charge is 0.340 e. The quantitative estimate of drug-likeness (QED) is 0.829. The topological polar surface area (TPSA) is 43.9 Å². The molecular weight excluding hydrogens is 290 g/mol. The maximum absolute atomic E-state index is 12.7. The summed E-state index contributed by atoms with van der Waals surface area (Å²) >= 11 is 0. The monoisotopic (exact) mass is 315 g/mol. The van der Waals surface area contributed by atoms with Crippen molar-refractivity contribution < 1.29 is 9.59 Å². The smallest absolute Gasteiger partial charge is 0.228 e. The maximum Gasteiger partial charge on any atom is 0.228 e. The third-order valence-corrected chi connectivity index (χ3v) is 4.81. The number of rotatable bonds is 2. The molecule has 1 aromatic carbocycles. The number of aryl methyl sites for hydroxylation is 2. The Kier molecular flexibility index (Phi) is 4.39. The zero-order valence-corrected chi connectivity index (χ0v) is 14.2. The van der Waals surface area contributed by atoms with Crippen molar-refractivity contribution >= 4 is 17.5 Å². The van der Waals surface area contributed by atoms with Crippen molar-refractivity contribution in [3.05, 3.63) is 29.3 Å². The van der Waals surface area contributed by atoms with Gasteiger partial charge in [-0.25, -0.2) is 0 Å². The van der Waals surface area contributed by atoms with Crippen LogP contribution in [0, 0.1) is 19.8 Å². The van der Waals surface area contributed by atoms with E-state index in [1.165, 1.54) is 0 Å². The van der Waals surface area contributed by atoms with Crippen molar-refractivity contribution in [2.24, 2.45) is 5.92 Å². The molecular formula is C18H25N3O2. The van der Waals surface area contributed by atoms with Crippen molar-refractivity contribution in [2.45, 2.75) is 20.3 Å². The third-order valence-electron chi connectivity index (χ3n) is 4.81. The van der Waals surface area contributed by atoms with E-state index in [1.54, 1.807) is 4.90 Å². The van der Waals surface area contributed by atoms with E-state index < -0.39 is 0 Å². The predicted octanol–water partition coefficient (Wildman–Crippen LogP) is 1.43. The Balaban J connectivity index is 1.70. The minimum absolute atomic E-state index is 0.0578. The zero-order chi connectivity index (χ0) is 16.6. The van der Waals surface area contributed by atoms with Gasteiger partial charge in [-0.15, -0.1) is 0 Å². The molecule has 0 spiro atoms. The van der Waals surface area contributed by atoms with E-state index in [2.05, 4.69) is 18.0 Å². The first-order chi connectivity index (χ1) is 10.9. The molecule has 0 N–H and O–H groups in total. The number of carbonyl (C=O) groups is 2. The molecule has 5 nitrogen and oxygen atoms in total. The van der Waals surface area contributed by atoms with Crippen molar-refractivity contribution in [2.75, 3.05) is 44.7 Å². The van der Waals surface area contributed by atoms with Gasteiger partial charge in [0.1, 0.15) is 0 Å². The molecule has 2 fully saturated rings. The molecule has 1 aromatic rings. The molecule has 0 aromatic heterocycles. The van der Waals surface area contributed by atoms with Crippen molar-refractivity contribution in [3.63, 3.8) is 0 Å². The first-order valence-electron chi connectivity index (χ1n) is 8.30. The molecule has 2 saturated heterocycles. The summed E-state index contributed by atoms with van der Waals surface area (Å²) in [4.78, 5) is 31.0. The Labute approximate surface area is 137 Å². The fourth-order valence-electron chi connectivity index (χ4n) is 3.51. The summed E-state index contributed by atoms with van der Waals surface area (Å²) in [6.07, 6.45) is 0.332.